The van der Waals surface area contributed by atoms with Crippen LogP contribution < -0.4 is 5.32 Å². The predicted octanol–water partition coefficient (Wildman–Crippen LogP) is 1.98. The van der Waals surface area contributed by atoms with E-state index in [2.05, 4.69) is 40.3 Å². The summed E-state index contributed by atoms with van der Waals surface area (Å²) in [7, 11) is 0. The lowest BCUT2D eigenvalue weighted by Gasteiger charge is -2.58. The van der Waals surface area contributed by atoms with Crippen LogP contribution in [0.1, 0.15) is 32.6 Å². The molecule has 0 aromatic heterocycles. The average Bonchev–Trinajstić information content (AvgIpc) is 2.72. The van der Waals surface area contributed by atoms with Gasteiger partial charge in [-0.15, -0.1) is 0 Å². The normalized spacial score (nSPS) is 39.6. The summed E-state index contributed by atoms with van der Waals surface area (Å²) in [4.78, 5) is 16.4. The Morgan fingerprint density at radius 1 is 1.70 bits per heavy atom. The third kappa shape index (κ3) is 2.20. The SMILES string of the molecule is C=C1O[C@@]2(C)[C@@H](CCN=C=S)C(=O)N[C@@]12[C@@H](O)[C@@H]1C=CCCC1. The molecule has 0 aromatic rings. The maximum Gasteiger partial charge on any atom is 0.228 e. The van der Waals surface area contributed by atoms with Gasteiger partial charge >= 0.3 is 0 Å². The lowest BCUT2D eigenvalue weighted by atomic mass is 9.63. The molecule has 0 spiro atoms. The van der Waals surface area contributed by atoms with Crippen LogP contribution in [0.4, 0.5) is 0 Å². The molecule has 2 fully saturated rings. The maximum atomic E-state index is 12.5. The molecule has 23 heavy (non-hydrogen) atoms. The largest absolute Gasteiger partial charge is 0.486 e. The smallest absolute Gasteiger partial charge is 0.228 e. The quantitative estimate of drug-likeness (QED) is 0.458. The summed E-state index contributed by atoms with van der Waals surface area (Å²) < 4.78 is 5.83. The van der Waals surface area contributed by atoms with Crippen LogP contribution in [0.15, 0.2) is 29.5 Å². The van der Waals surface area contributed by atoms with Crippen molar-refractivity contribution in [2.24, 2.45) is 16.8 Å². The van der Waals surface area contributed by atoms with Gasteiger partial charge in [-0.3, -0.25) is 4.79 Å². The van der Waals surface area contributed by atoms with Gasteiger partial charge in [-0.1, -0.05) is 18.7 Å². The number of rotatable bonds is 5. The standard InChI is InChI=1S/C17H22N2O3S/c1-11-17(14(20)12-6-4-3-5-7-12)16(2,22-11)13(15(21)19-17)8-9-18-10-23/h4,6,12-14,20H,1,3,5,7-9H2,2H3,(H,19,21)/t12-,13+,14+,16+,17-/m1/s1. The Labute approximate surface area is 141 Å². The van der Waals surface area contributed by atoms with Crippen molar-refractivity contribution in [3.05, 3.63) is 24.5 Å². The van der Waals surface area contributed by atoms with E-state index in [1.165, 1.54) is 0 Å². The fraction of sp³-hybridized carbons (Fsp3) is 0.647. The molecule has 3 aliphatic rings. The lowest BCUT2D eigenvalue weighted by molar-refractivity contribution is -0.202. The van der Waals surface area contributed by atoms with Crippen LogP contribution in [0.2, 0.25) is 0 Å². The summed E-state index contributed by atoms with van der Waals surface area (Å²) in [6.07, 6.45) is 6.88. The van der Waals surface area contributed by atoms with Gasteiger partial charge in [0.05, 0.1) is 23.7 Å². The number of thiocarbonyl (C=S) groups is 1. The summed E-state index contributed by atoms with van der Waals surface area (Å²) in [5.74, 6) is -0.0608. The van der Waals surface area contributed by atoms with Crippen molar-refractivity contribution in [3.63, 3.8) is 0 Å². The highest BCUT2D eigenvalue weighted by Crippen LogP contribution is 2.57. The molecule has 2 N–H and O–H groups in total. The minimum Gasteiger partial charge on any atom is -0.486 e. The summed E-state index contributed by atoms with van der Waals surface area (Å²) in [6.45, 7) is 6.22. The van der Waals surface area contributed by atoms with Crippen molar-refractivity contribution in [2.75, 3.05) is 6.54 Å². The molecule has 2 heterocycles. The van der Waals surface area contributed by atoms with Gasteiger partial charge in [0.25, 0.3) is 0 Å². The maximum absolute atomic E-state index is 12.5. The third-order valence-corrected chi connectivity index (χ3v) is 5.72. The Morgan fingerprint density at radius 2 is 2.48 bits per heavy atom. The third-order valence-electron chi connectivity index (χ3n) is 5.59. The van der Waals surface area contributed by atoms with E-state index >= 15 is 0 Å². The first-order valence-corrected chi connectivity index (χ1v) is 8.47. The van der Waals surface area contributed by atoms with E-state index < -0.39 is 17.2 Å². The van der Waals surface area contributed by atoms with Crippen LogP contribution >= 0.6 is 12.2 Å². The van der Waals surface area contributed by atoms with Gasteiger partial charge in [0.1, 0.15) is 5.76 Å². The molecular weight excluding hydrogens is 312 g/mol. The van der Waals surface area contributed by atoms with E-state index in [0.717, 1.165) is 19.3 Å². The molecule has 0 bridgehead atoms. The van der Waals surface area contributed by atoms with Crippen LogP contribution in [0.5, 0.6) is 0 Å². The molecule has 5 atom stereocenters. The Hall–Kier alpha value is -1.49. The second-order valence-electron chi connectivity index (χ2n) is 6.71. The van der Waals surface area contributed by atoms with Crippen molar-refractivity contribution < 1.29 is 14.6 Å². The number of hydrogen-bond acceptors (Lipinski definition) is 5. The molecule has 3 rings (SSSR count). The number of aliphatic imine (C=N–C) groups is 1. The number of hydrogen-bond donors (Lipinski definition) is 2. The van der Waals surface area contributed by atoms with Crippen LogP contribution in [0, 0.1) is 11.8 Å². The number of aliphatic hydroxyl groups is 1. The zero-order chi connectivity index (χ0) is 16.7. The molecule has 0 saturated carbocycles. The minimum atomic E-state index is -0.914. The molecule has 0 unspecified atom stereocenters. The fourth-order valence-corrected chi connectivity index (χ4v) is 4.41. The zero-order valence-electron chi connectivity index (χ0n) is 13.2. The Morgan fingerprint density at radius 3 is 3.09 bits per heavy atom. The molecule has 6 heteroatoms. The van der Waals surface area contributed by atoms with Crippen molar-refractivity contribution in [3.8, 4) is 0 Å². The summed E-state index contributed by atoms with van der Waals surface area (Å²) in [5.41, 5.74) is -1.72. The highest BCUT2D eigenvalue weighted by atomic mass is 32.1. The number of allylic oxidation sites excluding steroid dienone is 1. The second-order valence-corrected chi connectivity index (χ2v) is 6.89. The van der Waals surface area contributed by atoms with Crippen molar-refractivity contribution >= 4 is 23.3 Å². The summed E-state index contributed by atoms with van der Waals surface area (Å²) in [6, 6.07) is 0. The first kappa shape index (κ1) is 16.4. The monoisotopic (exact) mass is 334 g/mol. The number of nitrogens with one attached hydrogen (secondary N) is 1. The van der Waals surface area contributed by atoms with Gasteiger partial charge < -0.3 is 15.2 Å². The summed E-state index contributed by atoms with van der Waals surface area (Å²) in [5, 5.41) is 16.3. The molecule has 124 valence electrons. The number of isothiocyanates is 1. The van der Waals surface area contributed by atoms with E-state index in [1.807, 2.05) is 13.0 Å². The number of aliphatic hydroxyl groups excluding tert-OH is 1. The number of amides is 1. The van der Waals surface area contributed by atoms with E-state index in [0.29, 0.717) is 18.7 Å². The van der Waals surface area contributed by atoms with Gasteiger partial charge in [-0.25, -0.2) is 4.99 Å². The van der Waals surface area contributed by atoms with Crippen LogP contribution in [-0.2, 0) is 9.53 Å². The zero-order valence-corrected chi connectivity index (χ0v) is 14.1. The second kappa shape index (κ2) is 5.86. The Balaban J connectivity index is 1.89. The molecular formula is C17H22N2O3S. The van der Waals surface area contributed by atoms with Crippen LogP contribution in [-0.4, -0.2) is 40.0 Å². The van der Waals surface area contributed by atoms with Crippen molar-refractivity contribution in [2.45, 2.75) is 49.9 Å². The predicted molar refractivity (Wildman–Crippen MR) is 90.0 cm³/mol. The number of ether oxygens (including phenoxy) is 1. The summed E-state index contributed by atoms with van der Waals surface area (Å²) >= 11 is 4.57. The van der Waals surface area contributed by atoms with Gasteiger partial charge in [0, 0.05) is 5.92 Å². The van der Waals surface area contributed by atoms with Crippen LogP contribution in [0.25, 0.3) is 0 Å². The Kier molecular flexibility index (Phi) is 4.17. The van der Waals surface area contributed by atoms with Crippen molar-refractivity contribution in [1.29, 1.82) is 0 Å². The van der Waals surface area contributed by atoms with E-state index in [4.69, 9.17) is 4.74 Å². The first-order valence-electron chi connectivity index (χ1n) is 8.06. The molecule has 5 nitrogen and oxygen atoms in total. The molecule has 1 amide bonds. The fourth-order valence-electron chi connectivity index (χ4n) is 4.32. The minimum absolute atomic E-state index is 0.00164. The van der Waals surface area contributed by atoms with E-state index in [9.17, 15) is 9.90 Å². The van der Waals surface area contributed by atoms with Crippen LogP contribution in [0.3, 0.4) is 0 Å². The molecule has 2 aliphatic heterocycles. The molecule has 2 saturated heterocycles. The molecule has 0 radical (unpaired) electrons. The average molecular weight is 334 g/mol. The van der Waals surface area contributed by atoms with Gasteiger partial charge in [-0.2, -0.15) is 0 Å². The number of fused-ring (bicyclic) bond motifs is 1. The number of nitrogens with zero attached hydrogens (tertiary/aromatic N) is 1. The van der Waals surface area contributed by atoms with E-state index in [1.54, 1.807) is 0 Å². The van der Waals surface area contributed by atoms with Crippen molar-refractivity contribution in [1.82, 2.24) is 5.32 Å². The highest BCUT2D eigenvalue weighted by molar-refractivity contribution is 7.78. The first-order chi connectivity index (χ1) is 11.0. The number of carbonyl (C=O) groups excluding carboxylic acids is 1. The lowest BCUT2D eigenvalue weighted by Crippen LogP contribution is -2.75. The van der Waals surface area contributed by atoms with Gasteiger partial charge in [0.15, 0.2) is 11.1 Å². The highest BCUT2D eigenvalue weighted by Gasteiger charge is 2.75. The molecule has 1 aliphatic carbocycles. The van der Waals surface area contributed by atoms with Gasteiger partial charge in [-0.05, 0) is 44.8 Å². The van der Waals surface area contributed by atoms with Gasteiger partial charge in [0.2, 0.25) is 5.91 Å². The van der Waals surface area contributed by atoms with E-state index in [-0.39, 0.29) is 17.7 Å². The topological polar surface area (TPSA) is 70.9 Å². The Bertz CT molecular complexity index is 613. The number of carbonyl (C=O) groups is 1. The molecule has 0 aromatic carbocycles.